The van der Waals surface area contributed by atoms with E-state index in [1.807, 2.05) is 39.0 Å². The van der Waals surface area contributed by atoms with Gasteiger partial charge in [0.1, 0.15) is 5.60 Å². The third kappa shape index (κ3) is 6.12. The Balaban J connectivity index is 1.93. The summed E-state index contributed by atoms with van der Waals surface area (Å²) < 4.78 is 5.29. The molecule has 1 aliphatic rings. The lowest BCUT2D eigenvalue weighted by molar-refractivity contribution is 0.0636. The number of benzene rings is 1. The van der Waals surface area contributed by atoms with E-state index < -0.39 is 11.7 Å². The van der Waals surface area contributed by atoms with Gasteiger partial charge in [-0.25, -0.2) is 4.79 Å². The smallest absolute Gasteiger partial charge is 0.412 e. The number of carbonyl (C=O) groups excluding carboxylic acids is 1. The summed E-state index contributed by atoms with van der Waals surface area (Å²) in [5, 5.41) is 6.41. The summed E-state index contributed by atoms with van der Waals surface area (Å²) >= 11 is 0. The highest BCUT2D eigenvalue weighted by Gasteiger charge is 2.20. The second kappa shape index (κ2) is 7.71. The molecule has 1 saturated carbocycles. The molecule has 2 atom stereocenters. The number of hydrogen-bond donors (Lipinski definition) is 2. The third-order valence-corrected chi connectivity index (χ3v) is 4.24. The van der Waals surface area contributed by atoms with E-state index in [9.17, 15) is 4.79 Å². The molecule has 2 unspecified atom stereocenters. The van der Waals surface area contributed by atoms with Crippen molar-refractivity contribution in [2.45, 2.75) is 71.4 Å². The van der Waals surface area contributed by atoms with Crippen LogP contribution >= 0.6 is 0 Å². The Morgan fingerprint density at radius 1 is 1.26 bits per heavy atom. The molecule has 1 fully saturated rings. The van der Waals surface area contributed by atoms with Gasteiger partial charge in [-0.3, -0.25) is 5.32 Å². The van der Waals surface area contributed by atoms with Crippen LogP contribution in [-0.4, -0.2) is 17.7 Å². The van der Waals surface area contributed by atoms with Gasteiger partial charge >= 0.3 is 6.09 Å². The van der Waals surface area contributed by atoms with Crippen LogP contribution in [0.1, 0.15) is 59.8 Å². The fraction of sp³-hybridized carbons (Fsp3) is 0.632. The van der Waals surface area contributed by atoms with Gasteiger partial charge in [-0.05, 0) is 57.7 Å². The highest BCUT2D eigenvalue weighted by Crippen LogP contribution is 2.29. The SMILES string of the molecule is CCC1CCCC(Nc2cccc(NC(=O)OC(C)(C)C)c2)C1. The molecule has 0 saturated heterocycles. The van der Waals surface area contributed by atoms with Crippen molar-refractivity contribution in [1.29, 1.82) is 0 Å². The minimum absolute atomic E-state index is 0.418. The Morgan fingerprint density at radius 3 is 2.70 bits per heavy atom. The maximum absolute atomic E-state index is 11.9. The van der Waals surface area contributed by atoms with Crippen LogP contribution in [0.4, 0.5) is 16.2 Å². The van der Waals surface area contributed by atoms with E-state index in [0.717, 1.165) is 17.3 Å². The van der Waals surface area contributed by atoms with Crippen LogP contribution in [0.15, 0.2) is 24.3 Å². The maximum atomic E-state index is 11.9. The van der Waals surface area contributed by atoms with Crippen LogP contribution in [0.5, 0.6) is 0 Å². The lowest BCUT2D eigenvalue weighted by Gasteiger charge is -2.30. The van der Waals surface area contributed by atoms with Crippen LogP contribution in [0, 0.1) is 5.92 Å². The summed E-state index contributed by atoms with van der Waals surface area (Å²) in [5.41, 5.74) is 1.32. The summed E-state index contributed by atoms with van der Waals surface area (Å²) in [7, 11) is 0. The highest BCUT2D eigenvalue weighted by molar-refractivity contribution is 5.85. The van der Waals surface area contributed by atoms with E-state index in [1.54, 1.807) is 0 Å². The zero-order valence-corrected chi connectivity index (χ0v) is 14.8. The minimum atomic E-state index is -0.489. The van der Waals surface area contributed by atoms with E-state index in [0.29, 0.717) is 6.04 Å². The Hall–Kier alpha value is -1.71. The quantitative estimate of drug-likeness (QED) is 0.780. The van der Waals surface area contributed by atoms with Crippen molar-refractivity contribution in [2.75, 3.05) is 10.6 Å². The summed E-state index contributed by atoms with van der Waals surface area (Å²) in [5.74, 6) is 0.837. The lowest BCUT2D eigenvalue weighted by atomic mass is 9.84. The molecule has 128 valence electrons. The zero-order valence-electron chi connectivity index (χ0n) is 14.8. The molecule has 0 heterocycles. The molecule has 0 bridgehead atoms. The fourth-order valence-corrected chi connectivity index (χ4v) is 3.14. The number of carbonyl (C=O) groups is 1. The second-order valence-electron chi connectivity index (χ2n) is 7.49. The molecule has 23 heavy (non-hydrogen) atoms. The number of ether oxygens (including phenoxy) is 1. The fourth-order valence-electron chi connectivity index (χ4n) is 3.14. The van der Waals surface area contributed by atoms with E-state index in [4.69, 9.17) is 4.74 Å². The van der Waals surface area contributed by atoms with Gasteiger partial charge in [-0.2, -0.15) is 0 Å². The van der Waals surface area contributed by atoms with Crippen molar-refractivity contribution < 1.29 is 9.53 Å². The second-order valence-corrected chi connectivity index (χ2v) is 7.49. The van der Waals surface area contributed by atoms with Crippen LogP contribution < -0.4 is 10.6 Å². The topological polar surface area (TPSA) is 50.4 Å². The van der Waals surface area contributed by atoms with Crippen molar-refractivity contribution in [1.82, 2.24) is 0 Å². The number of anilines is 2. The number of hydrogen-bond acceptors (Lipinski definition) is 3. The first kappa shape index (κ1) is 17.6. The number of rotatable bonds is 4. The van der Waals surface area contributed by atoms with Gasteiger partial charge in [0, 0.05) is 17.4 Å². The molecule has 0 radical (unpaired) electrons. The monoisotopic (exact) mass is 318 g/mol. The molecule has 2 N–H and O–H groups in total. The molecule has 0 spiro atoms. The number of amides is 1. The first-order valence-electron chi connectivity index (χ1n) is 8.72. The van der Waals surface area contributed by atoms with Gasteiger partial charge in [0.15, 0.2) is 0 Å². The van der Waals surface area contributed by atoms with Gasteiger partial charge in [0.2, 0.25) is 0 Å². The van der Waals surface area contributed by atoms with Crippen LogP contribution in [0.3, 0.4) is 0 Å². The first-order valence-corrected chi connectivity index (χ1v) is 8.72. The van der Waals surface area contributed by atoms with Crippen LogP contribution in [-0.2, 0) is 4.74 Å². The molecule has 4 heteroatoms. The molecule has 1 amide bonds. The molecule has 4 nitrogen and oxygen atoms in total. The largest absolute Gasteiger partial charge is 0.444 e. The Labute approximate surface area is 140 Å². The molecule has 1 aromatic rings. The van der Waals surface area contributed by atoms with Crippen molar-refractivity contribution >= 4 is 17.5 Å². The maximum Gasteiger partial charge on any atom is 0.412 e. The first-order chi connectivity index (χ1) is 10.9. The zero-order chi connectivity index (χ0) is 16.9. The molecule has 0 aromatic heterocycles. The van der Waals surface area contributed by atoms with Crippen LogP contribution in [0.25, 0.3) is 0 Å². The van der Waals surface area contributed by atoms with Gasteiger partial charge in [-0.1, -0.05) is 32.3 Å². The summed E-state index contributed by atoms with van der Waals surface area (Å²) in [6.07, 6.45) is 5.96. The van der Waals surface area contributed by atoms with Crippen molar-refractivity contribution in [3.63, 3.8) is 0 Å². The van der Waals surface area contributed by atoms with E-state index in [-0.39, 0.29) is 0 Å². The van der Waals surface area contributed by atoms with Crippen molar-refractivity contribution in [3.05, 3.63) is 24.3 Å². The Bertz CT molecular complexity index is 522. The Kier molecular flexibility index (Phi) is 5.91. The normalized spacial score (nSPS) is 21.6. The molecule has 0 aliphatic heterocycles. The van der Waals surface area contributed by atoms with E-state index in [2.05, 4.69) is 23.6 Å². The molecule has 2 rings (SSSR count). The third-order valence-electron chi connectivity index (χ3n) is 4.24. The van der Waals surface area contributed by atoms with Crippen LogP contribution in [0.2, 0.25) is 0 Å². The number of nitrogens with one attached hydrogen (secondary N) is 2. The molecular weight excluding hydrogens is 288 g/mol. The summed E-state index contributed by atoms with van der Waals surface area (Å²) in [6, 6.07) is 8.39. The van der Waals surface area contributed by atoms with Gasteiger partial charge in [0.25, 0.3) is 0 Å². The Morgan fingerprint density at radius 2 is 2.00 bits per heavy atom. The average molecular weight is 318 g/mol. The highest BCUT2D eigenvalue weighted by atomic mass is 16.6. The standard InChI is InChI=1S/C19H30N2O2/c1-5-14-8-6-9-15(12-14)20-16-10-7-11-17(13-16)21-18(22)23-19(2,3)4/h7,10-11,13-15,20H,5-6,8-9,12H2,1-4H3,(H,21,22). The predicted octanol–water partition coefficient (Wildman–Crippen LogP) is 5.41. The van der Waals surface area contributed by atoms with Gasteiger partial charge in [0.05, 0.1) is 0 Å². The van der Waals surface area contributed by atoms with Gasteiger partial charge in [-0.15, -0.1) is 0 Å². The minimum Gasteiger partial charge on any atom is -0.444 e. The van der Waals surface area contributed by atoms with Crippen molar-refractivity contribution in [2.24, 2.45) is 5.92 Å². The molecule has 1 aromatic carbocycles. The van der Waals surface area contributed by atoms with Crippen molar-refractivity contribution in [3.8, 4) is 0 Å². The van der Waals surface area contributed by atoms with Gasteiger partial charge < -0.3 is 10.1 Å². The molecule has 1 aliphatic carbocycles. The summed E-state index contributed by atoms with van der Waals surface area (Å²) in [6.45, 7) is 7.85. The predicted molar refractivity (Wildman–Crippen MR) is 96.0 cm³/mol. The molecular formula is C19H30N2O2. The van der Waals surface area contributed by atoms with E-state index >= 15 is 0 Å². The average Bonchev–Trinajstić information content (AvgIpc) is 2.45. The van der Waals surface area contributed by atoms with E-state index in [1.165, 1.54) is 32.1 Å². The lowest BCUT2D eigenvalue weighted by Crippen LogP contribution is -2.28. The summed E-state index contributed by atoms with van der Waals surface area (Å²) in [4.78, 5) is 11.9.